The largest absolute Gasteiger partial charge is 0.492 e. The first kappa shape index (κ1) is 38.9. The SMILES string of the molecule is CC(Oc1ccn2ncc(C(=O)O)c2n1)c1c(OCCN)ccc(F)c1Cl.CC1Oc2ccn3ncc(c3n2)C(=O)NCCOc2ccc(F)c(Cl)c21.[2H]CF. The number of carbonyl (C=O) groups is 2. The van der Waals surface area contributed by atoms with Crippen LogP contribution < -0.4 is 30.0 Å². The second-order valence-corrected chi connectivity index (χ2v) is 12.1. The maximum absolute atomic E-state index is 13.9. The Morgan fingerprint density at radius 1 is 1.09 bits per heavy atom. The summed E-state index contributed by atoms with van der Waals surface area (Å²) < 4.78 is 69.0. The summed E-state index contributed by atoms with van der Waals surface area (Å²) in [6.45, 7) is 4.31. The Kier molecular flexibility index (Phi) is 12.7. The van der Waals surface area contributed by atoms with Crippen molar-refractivity contribution in [1.29, 1.82) is 0 Å². The predicted molar refractivity (Wildman–Crippen MR) is 193 cm³/mol. The normalized spacial score (nSPS) is 14.5. The van der Waals surface area contributed by atoms with Gasteiger partial charge in [-0.2, -0.15) is 20.2 Å². The van der Waals surface area contributed by atoms with Crippen LogP contribution in [0.5, 0.6) is 23.3 Å². The van der Waals surface area contributed by atoms with E-state index in [1.165, 1.54) is 58.0 Å². The van der Waals surface area contributed by atoms with Gasteiger partial charge in [-0.15, -0.1) is 0 Å². The molecule has 0 aliphatic carbocycles. The van der Waals surface area contributed by atoms with Crippen LogP contribution in [0.1, 0.15) is 59.3 Å². The highest BCUT2D eigenvalue weighted by Crippen LogP contribution is 2.38. The number of nitrogens with zero attached hydrogens (tertiary/aromatic N) is 6. The van der Waals surface area contributed by atoms with Gasteiger partial charge in [0.25, 0.3) is 5.91 Å². The molecule has 4 N–H and O–H groups in total. The van der Waals surface area contributed by atoms with E-state index in [4.69, 9.17) is 49.3 Å². The van der Waals surface area contributed by atoms with E-state index < -0.39 is 37.0 Å². The molecule has 2 bridgehead atoms. The lowest BCUT2D eigenvalue weighted by Crippen LogP contribution is -2.28. The number of hydrogen-bond donors (Lipinski definition) is 3. The quantitative estimate of drug-likeness (QED) is 0.169. The van der Waals surface area contributed by atoms with Crippen LogP contribution in [0.2, 0.25) is 10.0 Å². The van der Waals surface area contributed by atoms with E-state index in [1.807, 2.05) is 0 Å². The summed E-state index contributed by atoms with van der Waals surface area (Å²) in [7, 11) is -1.00. The Hall–Kier alpha value is -5.85. The van der Waals surface area contributed by atoms with Crippen molar-refractivity contribution in [3.63, 3.8) is 0 Å². The van der Waals surface area contributed by atoms with Crippen molar-refractivity contribution in [1.82, 2.24) is 34.5 Å². The number of amides is 1. The molecule has 1 aliphatic heterocycles. The molecule has 7 rings (SSSR count). The lowest BCUT2D eigenvalue weighted by Gasteiger charge is -2.19. The number of aromatic carboxylic acids is 1. The number of fused-ring (bicyclic) bond motifs is 3. The highest BCUT2D eigenvalue weighted by atomic mass is 35.5. The zero-order valence-corrected chi connectivity index (χ0v) is 30.5. The number of nitrogens with one attached hydrogen (secondary N) is 1. The minimum Gasteiger partial charge on any atom is -0.492 e. The van der Waals surface area contributed by atoms with Crippen molar-refractivity contribution in [3.05, 3.63) is 105 Å². The van der Waals surface area contributed by atoms with Crippen molar-refractivity contribution in [3.8, 4) is 23.3 Å². The van der Waals surface area contributed by atoms with Crippen LogP contribution in [0.4, 0.5) is 13.2 Å². The van der Waals surface area contributed by atoms with Crippen LogP contribution in [0.3, 0.4) is 0 Å². The Morgan fingerprint density at radius 2 is 1.78 bits per heavy atom. The fourth-order valence-electron chi connectivity index (χ4n) is 5.32. The van der Waals surface area contributed by atoms with Gasteiger partial charge >= 0.3 is 5.97 Å². The van der Waals surface area contributed by atoms with Gasteiger partial charge in [-0.3, -0.25) is 9.18 Å². The number of rotatable bonds is 7. The van der Waals surface area contributed by atoms with E-state index in [0.29, 0.717) is 33.8 Å². The topological polar surface area (TPSA) is 190 Å². The summed E-state index contributed by atoms with van der Waals surface area (Å²) >= 11 is 12.2. The number of carboxylic acids is 1. The monoisotopic (exact) mass is 805 g/mol. The summed E-state index contributed by atoms with van der Waals surface area (Å²) in [5.41, 5.74) is 6.87. The van der Waals surface area contributed by atoms with Crippen LogP contribution in [-0.4, -0.2) is 79.6 Å². The smallest absolute Gasteiger partial charge is 0.341 e. The van der Waals surface area contributed by atoms with Crippen molar-refractivity contribution in [2.75, 3.05) is 33.5 Å². The van der Waals surface area contributed by atoms with Gasteiger partial charge in [0, 0.05) is 31.1 Å². The minimum atomic E-state index is -1.16. The molecule has 5 heterocycles. The maximum atomic E-state index is 13.9. The molecule has 0 saturated carbocycles. The fraction of sp³-hybridized carbons (Fsp3) is 0.257. The highest BCUT2D eigenvalue weighted by Gasteiger charge is 2.24. The molecular weight excluding hydrogens is 772 g/mol. The van der Waals surface area contributed by atoms with Crippen molar-refractivity contribution < 1.29 is 48.2 Å². The molecule has 2 aromatic carbocycles. The molecule has 2 unspecified atom stereocenters. The summed E-state index contributed by atoms with van der Waals surface area (Å²) in [5, 5.41) is 19.7. The van der Waals surface area contributed by atoms with E-state index in [1.54, 1.807) is 26.1 Å². The van der Waals surface area contributed by atoms with Crippen LogP contribution >= 0.6 is 23.2 Å². The summed E-state index contributed by atoms with van der Waals surface area (Å²) in [4.78, 5) is 32.1. The fourth-order valence-corrected chi connectivity index (χ4v) is 5.94. The molecule has 1 aliphatic rings. The zero-order chi connectivity index (χ0) is 40.5. The average molecular weight is 807 g/mol. The molecule has 0 saturated heterocycles. The predicted octanol–water partition coefficient (Wildman–Crippen LogP) is 6.07. The van der Waals surface area contributed by atoms with Gasteiger partial charge in [-0.05, 0) is 38.1 Å². The molecule has 4 aromatic heterocycles. The number of benzene rings is 2. The van der Waals surface area contributed by atoms with Crippen LogP contribution in [-0.2, 0) is 0 Å². The van der Waals surface area contributed by atoms with E-state index in [-0.39, 0.29) is 65.2 Å². The number of carboxylic acid groups (broad SMARTS) is 1. The molecule has 290 valence electrons. The van der Waals surface area contributed by atoms with E-state index >= 15 is 0 Å². The average Bonchev–Trinajstić information content (AvgIpc) is 3.79. The molecule has 0 radical (unpaired) electrons. The standard InChI is InChI=1S/C17H16ClFN4O4.C17H14ClFN4O3.CH3F/c1-9(14-12(26-7-5-20)3-2-11(19)15(14)18)27-13-4-6-23-16(22-13)10(8-21-23)17(24)25;1-9-14-12(3-2-11(19)15(14)18)25-7-5-20-17(24)10-8-21-23-6-4-13(26-9)22-16(10)23;1-2/h2-4,6,8-9H,5,7,20H2,1H3,(H,24,25);2-4,6,8-9H,5,7H2,1H3,(H,20,24);1H3/i;;1D. The van der Waals surface area contributed by atoms with Gasteiger partial charge in [0.15, 0.2) is 11.3 Å². The first-order valence-corrected chi connectivity index (χ1v) is 16.9. The van der Waals surface area contributed by atoms with Crippen molar-refractivity contribution in [2.45, 2.75) is 26.1 Å². The Bertz CT molecular complexity index is 2350. The van der Waals surface area contributed by atoms with Gasteiger partial charge in [-0.25, -0.2) is 22.6 Å². The molecular formula is C35H33Cl2F3N8O7. The van der Waals surface area contributed by atoms with Crippen molar-refractivity contribution >= 4 is 46.4 Å². The third kappa shape index (κ3) is 8.93. The molecule has 6 aromatic rings. The minimum absolute atomic E-state index is 0.0659. The lowest BCUT2D eigenvalue weighted by molar-refractivity contribution is 0.0698. The number of ether oxygens (including phenoxy) is 4. The first-order valence-electron chi connectivity index (χ1n) is 16.9. The van der Waals surface area contributed by atoms with Crippen LogP contribution in [0.15, 0.2) is 61.2 Å². The number of hydrogen-bond acceptors (Lipinski definition) is 11. The Balaban J connectivity index is 0.000000200. The third-order valence-electron chi connectivity index (χ3n) is 7.78. The lowest BCUT2D eigenvalue weighted by atomic mass is 10.1. The molecule has 2 atom stereocenters. The third-order valence-corrected chi connectivity index (χ3v) is 8.54. The van der Waals surface area contributed by atoms with Gasteiger partial charge in [0.2, 0.25) is 11.8 Å². The summed E-state index contributed by atoms with van der Waals surface area (Å²) in [6.07, 6.45) is 4.42. The number of aromatic nitrogens is 6. The number of halogens is 5. The van der Waals surface area contributed by atoms with Crippen molar-refractivity contribution in [2.24, 2.45) is 5.73 Å². The van der Waals surface area contributed by atoms with Crippen LogP contribution in [0.25, 0.3) is 11.3 Å². The van der Waals surface area contributed by atoms with Gasteiger partial charge in [-0.1, -0.05) is 23.2 Å². The number of alkyl halides is 1. The zero-order valence-electron chi connectivity index (χ0n) is 30.0. The van der Waals surface area contributed by atoms with Crippen LogP contribution in [0, 0.1) is 11.6 Å². The summed E-state index contributed by atoms with van der Waals surface area (Å²) in [5.74, 6) is -1.55. The van der Waals surface area contributed by atoms with Gasteiger partial charge < -0.3 is 35.1 Å². The van der Waals surface area contributed by atoms with E-state index in [9.17, 15) is 27.9 Å². The number of carbonyl (C=O) groups excluding carboxylic acids is 1. The maximum Gasteiger partial charge on any atom is 0.341 e. The number of nitrogens with two attached hydrogens (primary N) is 1. The Morgan fingerprint density at radius 3 is 2.53 bits per heavy atom. The molecule has 15 nitrogen and oxygen atoms in total. The second-order valence-electron chi connectivity index (χ2n) is 11.3. The molecule has 55 heavy (non-hydrogen) atoms. The molecule has 1 amide bonds. The second kappa shape index (κ2) is 18.0. The molecule has 0 spiro atoms. The van der Waals surface area contributed by atoms with Gasteiger partial charge in [0.05, 0.1) is 48.6 Å². The van der Waals surface area contributed by atoms with E-state index in [0.717, 1.165) is 0 Å². The van der Waals surface area contributed by atoms with Gasteiger partial charge in [0.1, 0.15) is 59.7 Å². The summed E-state index contributed by atoms with van der Waals surface area (Å²) in [6, 6.07) is 8.47. The Labute approximate surface area is 322 Å². The highest BCUT2D eigenvalue weighted by molar-refractivity contribution is 6.32. The molecule has 0 fully saturated rings. The first-order chi connectivity index (χ1) is 26.9. The van der Waals surface area contributed by atoms with E-state index in [2.05, 4.69) is 25.5 Å². The molecule has 20 heteroatoms.